The summed E-state index contributed by atoms with van der Waals surface area (Å²) >= 11 is 7.85. The van der Waals surface area contributed by atoms with Gasteiger partial charge in [-0.15, -0.1) is 11.8 Å². The van der Waals surface area contributed by atoms with Gasteiger partial charge in [-0.2, -0.15) is 0 Å². The van der Waals surface area contributed by atoms with Gasteiger partial charge in [0.25, 0.3) is 0 Å². The van der Waals surface area contributed by atoms with E-state index in [1.807, 2.05) is 102 Å². The Bertz CT molecular complexity index is 1450. The summed E-state index contributed by atoms with van der Waals surface area (Å²) in [7, 11) is 0. The number of unbranched alkanes of at least 4 members (excludes halogenated alkanes) is 1. The minimum Gasteiger partial charge on any atom is -0.316 e. The zero-order valence-corrected chi connectivity index (χ0v) is 23.6. The number of aromatic nitrogens is 1. The minimum absolute atomic E-state index is 0.0478. The monoisotopic (exact) mass is 558 g/mol. The van der Waals surface area contributed by atoms with Gasteiger partial charge in [-0.3, -0.25) is 9.69 Å². The second kappa shape index (κ2) is 12.0. The van der Waals surface area contributed by atoms with Gasteiger partial charge in [0.05, 0.1) is 17.1 Å². The van der Waals surface area contributed by atoms with E-state index in [9.17, 15) is 9.59 Å². The fourth-order valence-corrected chi connectivity index (χ4v) is 5.47. The standard InChI is InChI=1S/C31H31ClN4O2S/c1-3-4-19-34(31(38)33-24-15-17-25(39-2)18-16-24)21-29(37)36-27-9-6-5-8-26(27)35-20-7-10-28(35)30(36)22-11-13-23(32)14-12-22/h5-18,20,30H,3-4,19,21H2,1-2H3,(H,33,38). The second-order valence-electron chi connectivity index (χ2n) is 9.44. The lowest BCUT2D eigenvalue weighted by atomic mass is 9.97. The van der Waals surface area contributed by atoms with E-state index in [-0.39, 0.29) is 24.5 Å². The molecule has 0 saturated carbocycles. The summed E-state index contributed by atoms with van der Waals surface area (Å²) in [5, 5.41) is 3.61. The molecule has 0 fully saturated rings. The number of para-hydroxylation sites is 2. The number of hydrogen-bond donors (Lipinski definition) is 1. The molecule has 1 atom stereocenters. The Balaban J connectivity index is 1.48. The number of fused-ring (bicyclic) bond motifs is 3. The van der Waals surface area contributed by atoms with E-state index in [1.165, 1.54) is 0 Å². The number of carbonyl (C=O) groups excluding carboxylic acids is 2. The number of amides is 3. The molecule has 39 heavy (non-hydrogen) atoms. The van der Waals surface area contributed by atoms with Crippen LogP contribution in [0.2, 0.25) is 5.02 Å². The van der Waals surface area contributed by atoms with Crippen LogP contribution >= 0.6 is 23.4 Å². The fraction of sp³-hybridized carbons (Fsp3) is 0.226. The van der Waals surface area contributed by atoms with Crippen molar-refractivity contribution in [2.24, 2.45) is 0 Å². The van der Waals surface area contributed by atoms with Crippen LogP contribution in [0.5, 0.6) is 0 Å². The summed E-state index contributed by atoms with van der Waals surface area (Å²) in [6, 6.07) is 26.6. The largest absolute Gasteiger partial charge is 0.322 e. The first-order chi connectivity index (χ1) is 19.0. The molecule has 1 aromatic heterocycles. The summed E-state index contributed by atoms with van der Waals surface area (Å²) in [4.78, 5) is 32.2. The molecular formula is C31H31ClN4O2S. The first kappa shape index (κ1) is 26.9. The van der Waals surface area contributed by atoms with E-state index in [0.717, 1.165) is 40.4 Å². The van der Waals surface area contributed by atoms with Crippen molar-refractivity contribution in [1.82, 2.24) is 9.47 Å². The van der Waals surface area contributed by atoms with Gasteiger partial charge in [0.1, 0.15) is 12.6 Å². The molecule has 3 amide bonds. The van der Waals surface area contributed by atoms with Crippen LogP contribution in [0.1, 0.15) is 37.1 Å². The van der Waals surface area contributed by atoms with Crippen molar-refractivity contribution >= 4 is 46.7 Å². The van der Waals surface area contributed by atoms with Gasteiger partial charge in [-0.1, -0.05) is 49.2 Å². The summed E-state index contributed by atoms with van der Waals surface area (Å²) in [6.07, 6.45) is 5.74. The van der Waals surface area contributed by atoms with Crippen LogP contribution in [0.15, 0.2) is 96.0 Å². The van der Waals surface area contributed by atoms with Crippen molar-refractivity contribution in [2.45, 2.75) is 30.7 Å². The maximum absolute atomic E-state index is 14.2. The van der Waals surface area contributed by atoms with E-state index in [4.69, 9.17) is 11.6 Å². The molecule has 2 heterocycles. The van der Waals surface area contributed by atoms with Gasteiger partial charge in [0, 0.05) is 28.3 Å². The van der Waals surface area contributed by atoms with Crippen molar-refractivity contribution in [1.29, 1.82) is 0 Å². The quantitative estimate of drug-likeness (QED) is 0.226. The Morgan fingerprint density at radius 2 is 1.67 bits per heavy atom. The average molecular weight is 559 g/mol. The summed E-state index contributed by atoms with van der Waals surface area (Å²) in [5.41, 5.74) is 4.35. The number of urea groups is 1. The third kappa shape index (κ3) is 5.70. The highest BCUT2D eigenvalue weighted by Gasteiger charge is 2.37. The molecule has 0 bridgehead atoms. The maximum Gasteiger partial charge on any atom is 0.322 e. The molecule has 1 N–H and O–H groups in total. The fourth-order valence-electron chi connectivity index (χ4n) is 4.94. The zero-order chi connectivity index (χ0) is 27.4. The van der Waals surface area contributed by atoms with E-state index in [1.54, 1.807) is 16.7 Å². The predicted molar refractivity (Wildman–Crippen MR) is 160 cm³/mol. The molecule has 1 aliphatic rings. The highest BCUT2D eigenvalue weighted by Crippen LogP contribution is 2.42. The molecule has 0 saturated heterocycles. The van der Waals surface area contributed by atoms with E-state index in [0.29, 0.717) is 17.3 Å². The molecule has 1 aliphatic heterocycles. The molecule has 4 aromatic rings. The van der Waals surface area contributed by atoms with Gasteiger partial charge in [-0.25, -0.2) is 4.79 Å². The maximum atomic E-state index is 14.2. The molecule has 1 unspecified atom stereocenters. The van der Waals surface area contributed by atoms with Crippen molar-refractivity contribution in [3.8, 4) is 5.69 Å². The second-order valence-corrected chi connectivity index (χ2v) is 10.8. The van der Waals surface area contributed by atoms with Crippen LogP contribution in [0, 0.1) is 0 Å². The number of rotatable bonds is 8. The van der Waals surface area contributed by atoms with Gasteiger partial charge in [0.15, 0.2) is 0 Å². The lowest BCUT2D eigenvalue weighted by molar-refractivity contribution is -0.119. The molecule has 0 radical (unpaired) electrons. The third-order valence-corrected chi connectivity index (χ3v) is 7.91. The number of nitrogens with zero attached hydrogens (tertiary/aromatic N) is 3. The molecule has 6 nitrogen and oxygen atoms in total. The number of halogens is 1. The van der Waals surface area contributed by atoms with Crippen molar-refractivity contribution in [2.75, 3.05) is 29.6 Å². The van der Waals surface area contributed by atoms with Crippen molar-refractivity contribution in [3.05, 3.63) is 107 Å². The minimum atomic E-state index is -0.366. The third-order valence-electron chi connectivity index (χ3n) is 6.91. The number of benzene rings is 3. The zero-order valence-electron chi connectivity index (χ0n) is 22.0. The Labute approximate surface area is 238 Å². The van der Waals surface area contributed by atoms with Crippen LogP contribution in [-0.2, 0) is 4.79 Å². The van der Waals surface area contributed by atoms with Crippen molar-refractivity contribution < 1.29 is 9.59 Å². The Morgan fingerprint density at radius 1 is 0.949 bits per heavy atom. The topological polar surface area (TPSA) is 57.6 Å². The number of hydrogen-bond acceptors (Lipinski definition) is 3. The molecule has 5 rings (SSSR count). The van der Waals surface area contributed by atoms with E-state index < -0.39 is 0 Å². The molecular weight excluding hydrogens is 528 g/mol. The van der Waals surface area contributed by atoms with Crippen LogP contribution in [0.3, 0.4) is 0 Å². The normalized spacial score (nSPS) is 13.9. The van der Waals surface area contributed by atoms with Gasteiger partial charge in [0.2, 0.25) is 5.91 Å². The first-order valence-electron chi connectivity index (χ1n) is 13.0. The van der Waals surface area contributed by atoms with Gasteiger partial charge >= 0.3 is 6.03 Å². The van der Waals surface area contributed by atoms with Gasteiger partial charge < -0.3 is 14.8 Å². The highest BCUT2D eigenvalue weighted by atomic mass is 35.5. The number of carbonyl (C=O) groups is 2. The van der Waals surface area contributed by atoms with Crippen LogP contribution in [-0.4, -0.2) is 40.8 Å². The van der Waals surface area contributed by atoms with Crippen LogP contribution < -0.4 is 10.2 Å². The Kier molecular flexibility index (Phi) is 8.29. The Morgan fingerprint density at radius 3 is 2.36 bits per heavy atom. The van der Waals surface area contributed by atoms with Crippen LogP contribution in [0.25, 0.3) is 5.69 Å². The number of anilines is 2. The summed E-state index contributed by atoms with van der Waals surface area (Å²) < 4.78 is 2.12. The predicted octanol–water partition coefficient (Wildman–Crippen LogP) is 7.62. The molecule has 3 aromatic carbocycles. The number of nitrogens with one attached hydrogen (secondary N) is 1. The highest BCUT2D eigenvalue weighted by molar-refractivity contribution is 7.98. The van der Waals surface area contributed by atoms with Crippen molar-refractivity contribution in [3.63, 3.8) is 0 Å². The summed E-state index contributed by atoms with van der Waals surface area (Å²) in [6.45, 7) is 2.51. The lowest BCUT2D eigenvalue weighted by Gasteiger charge is -2.39. The molecule has 0 spiro atoms. The van der Waals surface area contributed by atoms with E-state index >= 15 is 0 Å². The molecule has 0 aliphatic carbocycles. The SMILES string of the molecule is CCCCN(CC(=O)N1c2ccccc2-n2cccc2C1c1ccc(Cl)cc1)C(=O)Nc1ccc(SC)cc1. The molecule has 8 heteroatoms. The Hall–Kier alpha value is -3.68. The van der Waals surface area contributed by atoms with Gasteiger partial charge in [-0.05, 0) is 78.9 Å². The first-order valence-corrected chi connectivity index (χ1v) is 14.6. The average Bonchev–Trinajstić information content (AvgIpc) is 3.45. The smallest absolute Gasteiger partial charge is 0.316 e. The summed E-state index contributed by atoms with van der Waals surface area (Å²) in [5.74, 6) is -0.154. The number of thioether (sulfide) groups is 1. The van der Waals surface area contributed by atoms with Crippen LogP contribution in [0.4, 0.5) is 16.2 Å². The lowest BCUT2D eigenvalue weighted by Crippen LogP contribution is -2.48. The van der Waals surface area contributed by atoms with E-state index in [2.05, 4.69) is 16.8 Å². The molecule has 200 valence electrons.